The standard InChI is InChI=1S/C24H32N2O2/c1-19-8-6-9-20(2)24(19)28-17-7-10-23(27)25-22-13-11-21(12-14-22)18-26-15-4-3-5-16-26/h6,8-9,11-14H,3-5,7,10,15-18H2,1-2H3,(H,25,27). The second kappa shape index (κ2) is 10.3. The van der Waals surface area contributed by atoms with Gasteiger partial charge in [0.25, 0.3) is 0 Å². The number of amides is 1. The molecule has 0 atom stereocenters. The monoisotopic (exact) mass is 380 g/mol. The van der Waals surface area contributed by atoms with Gasteiger partial charge in [-0.05, 0) is 75.0 Å². The topological polar surface area (TPSA) is 41.6 Å². The van der Waals surface area contributed by atoms with Gasteiger partial charge in [0.05, 0.1) is 6.61 Å². The summed E-state index contributed by atoms with van der Waals surface area (Å²) in [5, 5.41) is 2.99. The highest BCUT2D eigenvalue weighted by molar-refractivity contribution is 5.90. The van der Waals surface area contributed by atoms with Crippen LogP contribution in [0.4, 0.5) is 5.69 Å². The molecule has 2 aromatic carbocycles. The minimum atomic E-state index is 0.0360. The van der Waals surface area contributed by atoms with Crippen molar-refractivity contribution in [1.29, 1.82) is 0 Å². The van der Waals surface area contributed by atoms with Crippen LogP contribution in [0.25, 0.3) is 0 Å². The number of likely N-dealkylation sites (tertiary alicyclic amines) is 1. The van der Waals surface area contributed by atoms with E-state index in [1.54, 1.807) is 0 Å². The molecule has 1 aliphatic rings. The number of carbonyl (C=O) groups is 1. The van der Waals surface area contributed by atoms with E-state index in [1.807, 2.05) is 44.2 Å². The van der Waals surface area contributed by atoms with Crippen molar-refractivity contribution in [2.75, 3.05) is 25.0 Å². The summed E-state index contributed by atoms with van der Waals surface area (Å²) in [6.45, 7) is 8.04. The van der Waals surface area contributed by atoms with Gasteiger partial charge in [-0.2, -0.15) is 0 Å². The molecule has 3 rings (SSSR count). The summed E-state index contributed by atoms with van der Waals surface area (Å²) in [6, 6.07) is 14.4. The number of nitrogens with zero attached hydrogens (tertiary/aromatic N) is 1. The molecule has 0 aromatic heterocycles. The molecule has 150 valence electrons. The number of anilines is 1. The first kappa shape index (κ1) is 20.4. The molecule has 1 N–H and O–H groups in total. The van der Waals surface area contributed by atoms with E-state index in [9.17, 15) is 4.79 Å². The largest absolute Gasteiger partial charge is 0.493 e. The number of hydrogen-bond acceptors (Lipinski definition) is 3. The van der Waals surface area contributed by atoms with Crippen LogP contribution in [0.5, 0.6) is 5.75 Å². The van der Waals surface area contributed by atoms with Crippen molar-refractivity contribution in [3.8, 4) is 5.75 Å². The van der Waals surface area contributed by atoms with Crippen molar-refractivity contribution in [3.63, 3.8) is 0 Å². The molecule has 1 fully saturated rings. The van der Waals surface area contributed by atoms with Gasteiger partial charge in [0.2, 0.25) is 5.91 Å². The van der Waals surface area contributed by atoms with E-state index in [2.05, 4.69) is 22.3 Å². The molecule has 0 spiro atoms. The van der Waals surface area contributed by atoms with E-state index in [0.717, 1.165) is 29.1 Å². The van der Waals surface area contributed by atoms with Gasteiger partial charge in [-0.1, -0.05) is 36.8 Å². The average molecular weight is 381 g/mol. The van der Waals surface area contributed by atoms with Gasteiger partial charge in [-0.15, -0.1) is 0 Å². The second-order valence-electron chi connectivity index (χ2n) is 7.75. The number of carbonyl (C=O) groups excluding carboxylic acids is 1. The van der Waals surface area contributed by atoms with Crippen LogP contribution in [-0.2, 0) is 11.3 Å². The Kier molecular flexibility index (Phi) is 7.49. The van der Waals surface area contributed by atoms with E-state index in [-0.39, 0.29) is 5.91 Å². The summed E-state index contributed by atoms with van der Waals surface area (Å²) in [6.07, 6.45) is 5.13. The van der Waals surface area contributed by atoms with Crippen molar-refractivity contribution in [2.45, 2.75) is 52.5 Å². The van der Waals surface area contributed by atoms with E-state index in [4.69, 9.17) is 4.74 Å². The normalized spacial score (nSPS) is 14.6. The molecule has 2 aromatic rings. The Hall–Kier alpha value is -2.33. The van der Waals surface area contributed by atoms with E-state index in [1.165, 1.54) is 37.9 Å². The Morgan fingerprint density at radius 3 is 2.36 bits per heavy atom. The van der Waals surface area contributed by atoms with Crippen LogP contribution in [0.2, 0.25) is 0 Å². The number of para-hydroxylation sites is 1. The SMILES string of the molecule is Cc1cccc(C)c1OCCCC(=O)Nc1ccc(CN2CCCCC2)cc1. The third kappa shape index (κ3) is 6.10. The maximum absolute atomic E-state index is 12.2. The summed E-state index contributed by atoms with van der Waals surface area (Å²) in [4.78, 5) is 14.7. The number of hydrogen-bond donors (Lipinski definition) is 1. The summed E-state index contributed by atoms with van der Waals surface area (Å²) in [5.74, 6) is 0.973. The van der Waals surface area contributed by atoms with Gasteiger partial charge in [0.15, 0.2) is 0 Å². The van der Waals surface area contributed by atoms with Gasteiger partial charge in [0, 0.05) is 18.7 Å². The summed E-state index contributed by atoms with van der Waals surface area (Å²) < 4.78 is 5.87. The summed E-state index contributed by atoms with van der Waals surface area (Å²) in [5.41, 5.74) is 4.44. The number of piperidine rings is 1. The zero-order valence-electron chi connectivity index (χ0n) is 17.2. The zero-order valence-corrected chi connectivity index (χ0v) is 17.2. The molecule has 0 aliphatic carbocycles. The molecule has 0 bridgehead atoms. The van der Waals surface area contributed by atoms with Crippen molar-refractivity contribution in [3.05, 3.63) is 59.2 Å². The number of aryl methyl sites for hydroxylation is 2. The number of nitrogens with one attached hydrogen (secondary N) is 1. The Morgan fingerprint density at radius 2 is 1.68 bits per heavy atom. The minimum absolute atomic E-state index is 0.0360. The van der Waals surface area contributed by atoms with Gasteiger partial charge in [0.1, 0.15) is 5.75 Å². The van der Waals surface area contributed by atoms with Gasteiger partial charge >= 0.3 is 0 Å². The van der Waals surface area contributed by atoms with Crippen LogP contribution in [0, 0.1) is 13.8 Å². The fraction of sp³-hybridized carbons (Fsp3) is 0.458. The average Bonchev–Trinajstić information content (AvgIpc) is 2.69. The highest BCUT2D eigenvalue weighted by atomic mass is 16.5. The second-order valence-corrected chi connectivity index (χ2v) is 7.75. The molecule has 4 heteroatoms. The molecule has 0 radical (unpaired) electrons. The zero-order chi connectivity index (χ0) is 19.8. The molecule has 0 saturated carbocycles. The molecule has 1 aliphatic heterocycles. The summed E-state index contributed by atoms with van der Waals surface area (Å²) in [7, 11) is 0. The van der Waals surface area contributed by atoms with Crippen molar-refractivity contribution >= 4 is 11.6 Å². The first-order valence-corrected chi connectivity index (χ1v) is 10.4. The number of rotatable bonds is 8. The van der Waals surface area contributed by atoms with Crippen LogP contribution in [0.3, 0.4) is 0 Å². The van der Waals surface area contributed by atoms with Gasteiger partial charge in [-0.3, -0.25) is 9.69 Å². The third-order valence-electron chi connectivity index (χ3n) is 5.30. The van der Waals surface area contributed by atoms with E-state index >= 15 is 0 Å². The van der Waals surface area contributed by atoms with Gasteiger partial charge < -0.3 is 10.1 Å². The first-order chi connectivity index (χ1) is 13.6. The Morgan fingerprint density at radius 1 is 1.00 bits per heavy atom. The molecule has 28 heavy (non-hydrogen) atoms. The predicted octanol–water partition coefficient (Wildman–Crippen LogP) is 5.09. The van der Waals surface area contributed by atoms with Crippen LogP contribution < -0.4 is 10.1 Å². The maximum atomic E-state index is 12.2. The molecular formula is C24H32N2O2. The summed E-state index contributed by atoms with van der Waals surface area (Å²) >= 11 is 0. The predicted molar refractivity (Wildman–Crippen MR) is 115 cm³/mol. The smallest absolute Gasteiger partial charge is 0.224 e. The van der Waals surface area contributed by atoms with Crippen LogP contribution in [0.1, 0.15) is 48.8 Å². The number of benzene rings is 2. The molecule has 1 heterocycles. The highest BCUT2D eigenvalue weighted by Gasteiger charge is 2.10. The fourth-order valence-corrected chi connectivity index (χ4v) is 3.73. The number of ether oxygens (including phenoxy) is 1. The van der Waals surface area contributed by atoms with Crippen molar-refractivity contribution in [2.24, 2.45) is 0 Å². The van der Waals surface area contributed by atoms with Crippen molar-refractivity contribution in [1.82, 2.24) is 4.90 Å². The molecule has 4 nitrogen and oxygen atoms in total. The lowest BCUT2D eigenvalue weighted by Gasteiger charge is -2.26. The van der Waals surface area contributed by atoms with Crippen LogP contribution >= 0.6 is 0 Å². The highest BCUT2D eigenvalue weighted by Crippen LogP contribution is 2.22. The Balaban J connectivity index is 1.38. The lowest BCUT2D eigenvalue weighted by atomic mass is 10.1. The molecule has 0 unspecified atom stereocenters. The third-order valence-corrected chi connectivity index (χ3v) is 5.30. The van der Waals surface area contributed by atoms with E-state index in [0.29, 0.717) is 19.4 Å². The Bertz CT molecular complexity index is 744. The lowest BCUT2D eigenvalue weighted by Crippen LogP contribution is -2.29. The molecule has 1 saturated heterocycles. The van der Waals surface area contributed by atoms with Crippen molar-refractivity contribution < 1.29 is 9.53 Å². The van der Waals surface area contributed by atoms with Crippen LogP contribution in [0.15, 0.2) is 42.5 Å². The fourth-order valence-electron chi connectivity index (χ4n) is 3.73. The maximum Gasteiger partial charge on any atom is 0.224 e. The molecule has 1 amide bonds. The minimum Gasteiger partial charge on any atom is -0.493 e. The van der Waals surface area contributed by atoms with Crippen LogP contribution in [-0.4, -0.2) is 30.5 Å². The van der Waals surface area contributed by atoms with Gasteiger partial charge in [-0.25, -0.2) is 0 Å². The lowest BCUT2D eigenvalue weighted by molar-refractivity contribution is -0.116. The first-order valence-electron chi connectivity index (χ1n) is 10.4. The van der Waals surface area contributed by atoms with E-state index < -0.39 is 0 Å². The Labute approximate surface area is 168 Å². The quantitative estimate of drug-likeness (QED) is 0.649. The molecular weight excluding hydrogens is 348 g/mol.